The highest BCUT2D eigenvalue weighted by Gasteiger charge is 2.20. The average molecular weight is 356 g/mol. The number of nitrogens with one attached hydrogen (secondary N) is 1. The van der Waals surface area contributed by atoms with E-state index in [1.54, 1.807) is 23.1 Å². The van der Waals surface area contributed by atoms with Gasteiger partial charge in [0, 0.05) is 0 Å². The molecule has 7 nitrogen and oxygen atoms in total. The number of carbonyl (C=O) groups excluding carboxylic acids is 1. The molecule has 0 saturated heterocycles. The highest BCUT2D eigenvalue weighted by molar-refractivity contribution is 8.00. The van der Waals surface area contributed by atoms with Crippen LogP contribution in [0.5, 0.6) is 0 Å². The lowest BCUT2D eigenvalue weighted by molar-refractivity contribution is -0.115. The number of hydrogen-bond donors (Lipinski definition) is 1. The third-order valence-corrected chi connectivity index (χ3v) is 4.98. The molecule has 0 radical (unpaired) electrons. The second-order valence-electron chi connectivity index (χ2n) is 4.73. The van der Waals surface area contributed by atoms with Gasteiger partial charge in [0.1, 0.15) is 11.1 Å². The molecule has 9 heteroatoms. The first kappa shape index (κ1) is 16.2. The van der Waals surface area contributed by atoms with Crippen LogP contribution in [0.4, 0.5) is 5.00 Å². The standard InChI is InChI=1S/C15H12N6OS2/c1-10(13(22)17-14-11(9-16)7-8-23-14)24-15-18-19-20-21(15)12-5-3-2-4-6-12/h2-8,10H,1H3,(H,17,22)/t10-/m0/s1. The number of hydrogen-bond acceptors (Lipinski definition) is 7. The lowest BCUT2D eigenvalue weighted by atomic mass is 10.3. The van der Waals surface area contributed by atoms with Crippen molar-refractivity contribution in [2.45, 2.75) is 17.3 Å². The summed E-state index contributed by atoms with van der Waals surface area (Å²) in [6.07, 6.45) is 0. The minimum atomic E-state index is -0.424. The van der Waals surface area contributed by atoms with E-state index in [4.69, 9.17) is 5.26 Å². The number of thioether (sulfide) groups is 1. The van der Waals surface area contributed by atoms with Crippen LogP contribution in [-0.4, -0.2) is 31.4 Å². The van der Waals surface area contributed by atoms with Crippen LogP contribution in [0.15, 0.2) is 46.9 Å². The lowest BCUT2D eigenvalue weighted by Gasteiger charge is -2.11. The fraction of sp³-hybridized carbons (Fsp3) is 0.133. The van der Waals surface area contributed by atoms with Crippen LogP contribution >= 0.6 is 23.1 Å². The minimum Gasteiger partial charge on any atom is -0.316 e. The predicted octanol–water partition coefficient (Wildman–Crippen LogP) is 2.71. The maximum Gasteiger partial charge on any atom is 0.238 e. The molecule has 3 aromatic rings. The monoisotopic (exact) mass is 356 g/mol. The lowest BCUT2D eigenvalue weighted by Crippen LogP contribution is -2.22. The number of benzene rings is 1. The summed E-state index contributed by atoms with van der Waals surface area (Å²) >= 11 is 2.57. The van der Waals surface area contributed by atoms with E-state index >= 15 is 0 Å². The molecular weight excluding hydrogens is 344 g/mol. The van der Waals surface area contributed by atoms with E-state index < -0.39 is 5.25 Å². The molecular formula is C15H12N6OS2. The average Bonchev–Trinajstić information content (AvgIpc) is 3.24. The van der Waals surface area contributed by atoms with Crippen molar-refractivity contribution in [3.05, 3.63) is 47.3 Å². The number of aromatic nitrogens is 4. The van der Waals surface area contributed by atoms with Crippen LogP contribution in [0.1, 0.15) is 12.5 Å². The molecule has 0 spiro atoms. The zero-order chi connectivity index (χ0) is 16.9. The van der Waals surface area contributed by atoms with Crippen molar-refractivity contribution in [1.82, 2.24) is 20.2 Å². The Hall–Kier alpha value is -2.70. The van der Waals surface area contributed by atoms with Gasteiger partial charge in [0.05, 0.1) is 16.5 Å². The van der Waals surface area contributed by atoms with Gasteiger partial charge in [-0.1, -0.05) is 30.0 Å². The number of nitriles is 1. The predicted molar refractivity (Wildman–Crippen MR) is 92.1 cm³/mol. The first-order valence-electron chi connectivity index (χ1n) is 6.98. The first-order valence-corrected chi connectivity index (χ1v) is 8.74. The van der Waals surface area contributed by atoms with Crippen LogP contribution in [-0.2, 0) is 4.79 Å². The van der Waals surface area contributed by atoms with Gasteiger partial charge in [-0.05, 0) is 40.9 Å². The molecule has 2 heterocycles. The largest absolute Gasteiger partial charge is 0.316 e. The van der Waals surface area contributed by atoms with Crippen LogP contribution in [0.25, 0.3) is 5.69 Å². The van der Waals surface area contributed by atoms with Gasteiger partial charge in [0.15, 0.2) is 0 Å². The third kappa shape index (κ3) is 3.45. The second kappa shape index (κ2) is 7.25. The number of rotatable bonds is 5. The fourth-order valence-corrected chi connectivity index (χ4v) is 3.45. The van der Waals surface area contributed by atoms with Crippen molar-refractivity contribution in [2.24, 2.45) is 0 Å². The molecule has 1 amide bonds. The SMILES string of the molecule is C[C@H](Sc1nnnn1-c1ccccc1)C(=O)Nc1sccc1C#N. The van der Waals surface area contributed by atoms with Gasteiger partial charge >= 0.3 is 0 Å². The van der Waals surface area contributed by atoms with Crippen molar-refractivity contribution in [3.8, 4) is 11.8 Å². The number of tetrazole rings is 1. The van der Waals surface area contributed by atoms with Gasteiger partial charge < -0.3 is 5.32 Å². The molecule has 0 aliphatic heterocycles. The summed E-state index contributed by atoms with van der Waals surface area (Å²) < 4.78 is 1.58. The van der Waals surface area contributed by atoms with Crippen LogP contribution in [0.2, 0.25) is 0 Å². The molecule has 1 aromatic carbocycles. The summed E-state index contributed by atoms with van der Waals surface area (Å²) in [4.78, 5) is 12.3. The molecule has 0 fully saturated rings. The second-order valence-corrected chi connectivity index (χ2v) is 6.96. The molecule has 0 aliphatic rings. The van der Waals surface area contributed by atoms with Crippen LogP contribution in [0.3, 0.4) is 0 Å². The summed E-state index contributed by atoms with van der Waals surface area (Å²) in [6.45, 7) is 1.77. The van der Waals surface area contributed by atoms with Crippen molar-refractivity contribution in [2.75, 3.05) is 5.32 Å². The van der Waals surface area contributed by atoms with Crippen molar-refractivity contribution >= 4 is 34.0 Å². The zero-order valence-corrected chi connectivity index (χ0v) is 14.2. The van der Waals surface area contributed by atoms with E-state index in [2.05, 4.69) is 20.8 Å². The highest BCUT2D eigenvalue weighted by atomic mass is 32.2. The Bertz CT molecular complexity index is 883. The maximum absolute atomic E-state index is 12.3. The normalized spacial score (nSPS) is 11.7. The van der Waals surface area contributed by atoms with Crippen molar-refractivity contribution in [1.29, 1.82) is 5.26 Å². The molecule has 3 rings (SSSR count). The topological polar surface area (TPSA) is 96.5 Å². The molecule has 1 atom stereocenters. The summed E-state index contributed by atoms with van der Waals surface area (Å²) in [6, 6.07) is 13.2. The summed E-state index contributed by atoms with van der Waals surface area (Å²) in [5.74, 6) is -0.207. The van der Waals surface area contributed by atoms with Crippen LogP contribution < -0.4 is 5.32 Å². The van der Waals surface area contributed by atoms with E-state index in [1.165, 1.54) is 23.1 Å². The fourth-order valence-electron chi connectivity index (χ4n) is 1.90. The smallest absolute Gasteiger partial charge is 0.238 e. The molecule has 24 heavy (non-hydrogen) atoms. The van der Waals surface area contributed by atoms with E-state index in [9.17, 15) is 4.79 Å². The number of amides is 1. The molecule has 2 aromatic heterocycles. The quantitative estimate of drug-likeness (QED) is 0.706. The Kier molecular flexibility index (Phi) is 4.88. The highest BCUT2D eigenvalue weighted by Crippen LogP contribution is 2.26. The molecule has 0 bridgehead atoms. The number of carbonyl (C=O) groups is 1. The Labute approximate surface area is 146 Å². The molecule has 0 aliphatic carbocycles. The Morgan fingerprint density at radius 2 is 2.17 bits per heavy atom. The summed E-state index contributed by atoms with van der Waals surface area (Å²) in [5.41, 5.74) is 1.28. The summed E-state index contributed by atoms with van der Waals surface area (Å²) in [7, 11) is 0. The number of nitrogens with zero attached hydrogens (tertiary/aromatic N) is 5. The number of para-hydroxylation sites is 1. The van der Waals surface area contributed by atoms with Gasteiger partial charge in [0.25, 0.3) is 0 Å². The van der Waals surface area contributed by atoms with Crippen molar-refractivity contribution < 1.29 is 4.79 Å². The van der Waals surface area contributed by atoms with E-state index in [1.807, 2.05) is 36.4 Å². The third-order valence-electron chi connectivity index (χ3n) is 3.12. The van der Waals surface area contributed by atoms with E-state index in [-0.39, 0.29) is 5.91 Å². The van der Waals surface area contributed by atoms with Crippen LogP contribution in [0, 0.1) is 11.3 Å². The minimum absolute atomic E-state index is 0.207. The van der Waals surface area contributed by atoms with E-state index in [0.29, 0.717) is 15.7 Å². The first-order chi connectivity index (χ1) is 11.7. The molecule has 0 saturated carbocycles. The van der Waals surface area contributed by atoms with Gasteiger partial charge in [0.2, 0.25) is 11.1 Å². The van der Waals surface area contributed by atoms with Gasteiger partial charge in [-0.3, -0.25) is 4.79 Å². The van der Waals surface area contributed by atoms with E-state index in [0.717, 1.165) is 5.69 Å². The number of anilines is 1. The molecule has 0 unspecified atom stereocenters. The molecule has 120 valence electrons. The number of thiophene rings is 1. The summed E-state index contributed by atoms with van der Waals surface area (Å²) in [5, 5.41) is 25.8. The van der Waals surface area contributed by atoms with Crippen molar-refractivity contribution in [3.63, 3.8) is 0 Å². The van der Waals surface area contributed by atoms with Gasteiger partial charge in [-0.2, -0.15) is 9.94 Å². The molecule has 1 N–H and O–H groups in total. The Morgan fingerprint density at radius 1 is 1.38 bits per heavy atom. The maximum atomic E-state index is 12.3. The van der Waals surface area contributed by atoms with Gasteiger partial charge in [-0.15, -0.1) is 16.4 Å². The zero-order valence-electron chi connectivity index (χ0n) is 12.6. The van der Waals surface area contributed by atoms with Gasteiger partial charge in [-0.25, -0.2) is 0 Å². The Balaban J connectivity index is 1.72. The Morgan fingerprint density at radius 3 is 2.92 bits per heavy atom.